The zero-order valence-corrected chi connectivity index (χ0v) is 21.2. The Morgan fingerprint density at radius 2 is 1.61 bits per heavy atom. The van der Waals surface area contributed by atoms with E-state index in [1.165, 1.54) is 10.8 Å². The maximum Gasteiger partial charge on any atom is 0.330 e. The molecule has 0 spiro atoms. The van der Waals surface area contributed by atoms with Gasteiger partial charge in [0.05, 0.1) is 25.2 Å². The number of aliphatic hydroxyl groups is 2. The molecule has 3 N–H and O–H groups in total. The molecule has 1 aromatic heterocycles. The zero-order valence-electron chi connectivity index (χ0n) is 21.2. The van der Waals surface area contributed by atoms with Crippen LogP contribution in [0.4, 0.5) is 0 Å². The van der Waals surface area contributed by atoms with Crippen LogP contribution in [0.1, 0.15) is 28.7 Å². The second-order valence-electron chi connectivity index (χ2n) is 9.55. The first-order chi connectivity index (χ1) is 18.4. The Hall–Kier alpha value is -3.98. The molecular weight excluding hydrogens is 484 g/mol. The number of H-pyrrole nitrogens is 1. The summed E-state index contributed by atoms with van der Waals surface area (Å²) in [6.07, 6.45) is -0.665. The molecule has 0 unspecified atom stereocenters. The largest absolute Gasteiger partial charge is 0.497 e. The molecule has 38 heavy (non-hydrogen) atoms. The molecule has 1 saturated heterocycles. The number of hydrogen-bond donors (Lipinski definition) is 3. The fourth-order valence-corrected chi connectivity index (χ4v) is 5.77. The van der Waals surface area contributed by atoms with Crippen LogP contribution < -0.4 is 16.0 Å². The van der Waals surface area contributed by atoms with E-state index < -0.39 is 41.2 Å². The Balaban J connectivity index is 2.02. The number of aromatic nitrogens is 2. The molecule has 0 radical (unpaired) electrons. The first-order valence-corrected chi connectivity index (χ1v) is 12.4. The van der Waals surface area contributed by atoms with E-state index in [-0.39, 0.29) is 6.42 Å². The van der Waals surface area contributed by atoms with E-state index in [1.807, 2.05) is 84.9 Å². The molecule has 8 heteroatoms. The lowest BCUT2D eigenvalue weighted by Gasteiger charge is -2.50. The number of hydrogen-bond acceptors (Lipinski definition) is 6. The molecule has 1 aliphatic rings. The minimum absolute atomic E-state index is 0.0510. The molecule has 1 fully saturated rings. The van der Waals surface area contributed by atoms with Crippen molar-refractivity contribution < 1.29 is 19.7 Å². The molecule has 4 aromatic rings. The Labute approximate surface area is 219 Å². The van der Waals surface area contributed by atoms with Crippen LogP contribution in [0.3, 0.4) is 0 Å². The number of nitrogens with zero attached hydrogens (tertiary/aromatic N) is 1. The van der Waals surface area contributed by atoms with Crippen molar-refractivity contribution in [1.29, 1.82) is 0 Å². The van der Waals surface area contributed by atoms with Crippen molar-refractivity contribution in [3.63, 3.8) is 0 Å². The molecular formula is C30H30N2O6. The minimum Gasteiger partial charge on any atom is -0.497 e. The number of aryl methyl sites for hydroxylation is 1. The van der Waals surface area contributed by atoms with Gasteiger partial charge in [0, 0.05) is 18.2 Å². The summed E-state index contributed by atoms with van der Waals surface area (Å²) in [7, 11) is 1.58. The molecule has 1 aliphatic heterocycles. The normalized spacial score (nSPS) is 21.4. The molecule has 0 saturated carbocycles. The van der Waals surface area contributed by atoms with Gasteiger partial charge < -0.3 is 19.7 Å². The van der Waals surface area contributed by atoms with E-state index in [0.717, 1.165) is 16.7 Å². The Bertz CT molecular complexity index is 1490. The maximum atomic E-state index is 13.6. The quantitative estimate of drug-likeness (QED) is 0.327. The third-order valence-electron chi connectivity index (χ3n) is 7.45. The summed E-state index contributed by atoms with van der Waals surface area (Å²) in [5.74, 6) is 0.594. The Kier molecular flexibility index (Phi) is 6.79. The van der Waals surface area contributed by atoms with Crippen molar-refractivity contribution in [2.24, 2.45) is 0 Å². The summed E-state index contributed by atoms with van der Waals surface area (Å²) < 4.78 is 13.6. The SMILES string of the molecule is COc1cccc(C(c2ccccc2)(c2ccccc2)[C@]2(n3cc(C)c(=O)[nH]c3=O)C[C@H](O)[C@@H](CO)O2)c1. The van der Waals surface area contributed by atoms with Crippen LogP contribution >= 0.6 is 0 Å². The predicted octanol–water partition coefficient (Wildman–Crippen LogP) is 2.68. The Morgan fingerprint density at radius 1 is 1.00 bits per heavy atom. The van der Waals surface area contributed by atoms with E-state index in [0.29, 0.717) is 11.3 Å². The summed E-state index contributed by atoms with van der Waals surface area (Å²) in [4.78, 5) is 28.4. The topological polar surface area (TPSA) is 114 Å². The number of benzene rings is 3. The number of ether oxygens (including phenoxy) is 2. The Morgan fingerprint density at radius 3 is 2.16 bits per heavy atom. The first-order valence-electron chi connectivity index (χ1n) is 12.4. The lowest BCUT2D eigenvalue weighted by Crippen LogP contribution is -2.59. The van der Waals surface area contributed by atoms with Gasteiger partial charge in [0.25, 0.3) is 5.56 Å². The average Bonchev–Trinajstić information content (AvgIpc) is 3.29. The number of nitrogens with one attached hydrogen (secondary N) is 1. The molecule has 2 heterocycles. The molecule has 8 nitrogen and oxygen atoms in total. The number of methoxy groups -OCH3 is 1. The summed E-state index contributed by atoms with van der Waals surface area (Å²) in [6.45, 7) is 1.15. The number of rotatable bonds is 7. The highest BCUT2D eigenvalue weighted by atomic mass is 16.6. The fourth-order valence-electron chi connectivity index (χ4n) is 5.77. The van der Waals surface area contributed by atoms with Crippen LogP contribution in [0.25, 0.3) is 0 Å². The van der Waals surface area contributed by atoms with Crippen LogP contribution in [-0.2, 0) is 15.9 Å². The van der Waals surface area contributed by atoms with Gasteiger partial charge in [0.15, 0.2) is 5.72 Å². The summed E-state index contributed by atoms with van der Waals surface area (Å²) in [5, 5.41) is 21.4. The smallest absolute Gasteiger partial charge is 0.330 e. The van der Waals surface area contributed by atoms with E-state index in [9.17, 15) is 19.8 Å². The minimum atomic E-state index is -1.61. The number of aliphatic hydroxyl groups excluding tert-OH is 2. The van der Waals surface area contributed by atoms with Crippen LogP contribution in [0, 0.1) is 6.92 Å². The highest BCUT2D eigenvalue weighted by molar-refractivity contribution is 5.55. The third-order valence-corrected chi connectivity index (χ3v) is 7.45. The van der Waals surface area contributed by atoms with Crippen LogP contribution in [-0.4, -0.2) is 45.7 Å². The molecule has 3 aromatic carbocycles. The van der Waals surface area contributed by atoms with Crippen molar-refractivity contribution in [2.75, 3.05) is 13.7 Å². The van der Waals surface area contributed by atoms with Gasteiger partial charge >= 0.3 is 5.69 Å². The van der Waals surface area contributed by atoms with Gasteiger partial charge in [-0.1, -0.05) is 72.8 Å². The van der Waals surface area contributed by atoms with E-state index in [2.05, 4.69) is 4.98 Å². The lowest BCUT2D eigenvalue weighted by molar-refractivity contribution is -0.147. The van der Waals surface area contributed by atoms with E-state index in [4.69, 9.17) is 9.47 Å². The van der Waals surface area contributed by atoms with Gasteiger partial charge in [0.1, 0.15) is 11.9 Å². The molecule has 196 valence electrons. The second kappa shape index (κ2) is 10.1. The fraction of sp³-hybridized carbons (Fsp3) is 0.267. The third kappa shape index (κ3) is 3.89. The van der Waals surface area contributed by atoms with Crippen LogP contribution in [0.5, 0.6) is 5.75 Å². The summed E-state index contributed by atoms with van der Waals surface area (Å²) in [6, 6.07) is 26.7. The molecule has 5 rings (SSSR count). The van der Waals surface area contributed by atoms with Gasteiger partial charge in [-0.05, 0) is 35.7 Å². The van der Waals surface area contributed by atoms with Crippen molar-refractivity contribution >= 4 is 0 Å². The lowest BCUT2D eigenvalue weighted by atomic mass is 9.61. The van der Waals surface area contributed by atoms with Gasteiger partial charge in [0.2, 0.25) is 0 Å². The highest BCUT2D eigenvalue weighted by Crippen LogP contribution is 2.56. The summed E-state index contributed by atoms with van der Waals surface area (Å²) in [5.41, 5.74) is -1.46. The standard InChI is InChI=1S/C30H30N2O6/c1-20-18-32(28(36)31-27(20)35)29(17-25(34)26(19-33)38-29)30(21-10-5-3-6-11-21,22-12-7-4-8-13-22)23-14-9-15-24(16-23)37-2/h3-16,18,25-26,33-34H,17,19H2,1-2H3,(H,31,35,36)/t25-,26+,29-/m0/s1. The van der Waals surface area contributed by atoms with Gasteiger partial charge in [-0.15, -0.1) is 0 Å². The first kappa shape index (κ1) is 25.7. The van der Waals surface area contributed by atoms with Gasteiger partial charge in [-0.3, -0.25) is 14.3 Å². The van der Waals surface area contributed by atoms with Crippen molar-refractivity contribution in [1.82, 2.24) is 9.55 Å². The monoisotopic (exact) mass is 514 g/mol. The van der Waals surface area contributed by atoms with Crippen molar-refractivity contribution in [3.05, 3.63) is 134 Å². The maximum absolute atomic E-state index is 13.6. The van der Waals surface area contributed by atoms with Crippen molar-refractivity contribution in [3.8, 4) is 5.75 Å². The predicted molar refractivity (Wildman–Crippen MR) is 142 cm³/mol. The van der Waals surface area contributed by atoms with Gasteiger partial charge in [-0.2, -0.15) is 0 Å². The number of aromatic amines is 1. The zero-order chi connectivity index (χ0) is 26.9. The van der Waals surface area contributed by atoms with Crippen LogP contribution in [0.2, 0.25) is 0 Å². The molecule has 0 amide bonds. The highest BCUT2D eigenvalue weighted by Gasteiger charge is 2.63. The molecule has 3 atom stereocenters. The van der Waals surface area contributed by atoms with Gasteiger partial charge in [-0.25, -0.2) is 4.79 Å². The average molecular weight is 515 g/mol. The molecule has 0 bridgehead atoms. The summed E-state index contributed by atoms with van der Waals surface area (Å²) >= 11 is 0. The van der Waals surface area contributed by atoms with Crippen LogP contribution in [0.15, 0.2) is 101 Å². The van der Waals surface area contributed by atoms with E-state index >= 15 is 0 Å². The van der Waals surface area contributed by atoms with E-state index in [1.54, 1.807) is 14.0 Å². The second-order valence-corrected chi connectivity index (χ2v) is 9.55. The molecule has 0 aliphatic carbocycles. The van der Waals surface area contributed by atoms with Crippen molar-refractivity contribution in [2.45, 2.75) is 36.7 Å².